The molecule has 0 aliphatic heterocycles. The van der Waals surface area contributed by atoms with E-state index in [1.807, 2.05) is 6.92 Å². The third-order valence-corrected chi connectivity index (χ3v) is 8.12. The summed E-state index contributed by atoms with van der Waals surface area (Å²) in [5, 5.41) is 15.2. The van der Waals surface area contributed by atoms with Crippen LogP contribution in [-0.4, -0.2) is 32.0 Å². The van der Waals surface area contributed by atoms with Gasteiger partial charge in [-0.1, -0.05) is 56.4 Å². The van der Waals surface area contributed by atoms with E-state index in [-0.39, 0.29) is 11.2 Å². The number of aromatic nitrogens is 3. The zero-order valence-electron chi connectivity index (χ0n) is 17.3. The van der Waals surface area contributed by atoms with Gasteiger partial charge in [0.15, 0.2) is 5.16 Å². The summed E-state index contributed by atoms with van der Waals surface area (Å²) >= 11 is 3.34. The van der Waals surface area contributed by atoms with Crippen LogP contribution < -0.4 is 5.32 Å². The number of hydrogen-bond donors (Lipinski definition) is 1. The average Bonchev–Trinajstić information content (AvgIpc) is 3.40. The fraction of sp³-hybridized carbons (Fsp3) is 0.682. The number of nitrogens with zero attached hydrogens (tertiary/aromatic N) is 3. The molecule has 2 aliphatic rings. The highest BCUT2D eigenvalue weighted by Gasteiger charge is 2.27. The van der Waals surface area contributed by atoms with Gasteiger partial charge in [0.1, 0.15) is 5.82 Å². The molecule has 0 spiro atoms. The van der Waals surface area contributed by atoms with Gasteiger partial charge in [0.2, 0.25) is 5.91 Å². The number of amides is 1. The standard InChI is InChI=1S/C22H32N4OS2/c1-16(21(27)23-17-9-4-2-5-10-17)29-22-25-24-20(15-19-13-8-14-28-19)26(22)18-11-6-3-7-12-18/h8,13-14,16-18H,2-7,9-12,15H2,1H3,(H,23,27). The Hall–Kier alpha value is -1.34. The van der Waals surface area contributed by atoms with Gasteiger partial charge in [-0.15, -0.1) is 21.5 Å². The summed E-state index contributed by atoms with van der Waals surface area (Å²) < 4.78 is 2.36. The van der Waals surface area contributed by atoms with Crippen LogP contribution in [0.3, 0.4) is 0 Å². The van der Waals surface area contributed by atoms with Crippen molar-refractivity contribution in [2.45, 2.75) is 100 Å². The van der Waals surface area contributed by atoms with E-state index in [1.165, 1.54) is 56.2 Å². The van der Waals surface area contributed by atoms with Crippen molar-refractivity contribution in [3.63, 3.8) is 0 Å². The number of rotatable bonds is 7. The molecule has 158 valence electrons. The van der Waals surface area contributed by atoms with Crippen molar-refractivity contribution in [1.29, 1.82) is 0 Å². The van der Waals surface area contributed by atoms with Crippen molar-refractivity contribution in [2.75, 3.05) is 0 Å². The van der Waals surface area contributed by atoms with Gasteiger partial charge in [0.05, 0.1) is 5.25 Å². The first kappa shape index (κ1) is 20.9. The van der Waals surface area contributed by atoms with Crippen LogP contribution in [0.1, 0.15) is 87.9 Å². The van der Waals surface area contributed by atoms with E-state index in [9.17, 15) is 4.79 Å². The molecule has 0 aromatic carbocycles. The molecule has 0 saturated heterocycles. The largest absolute Gasteiger partial charge is 0.352 e. The fourth-order valence-electron chi connectivity index (χ4n) is 4.56. The van der Waals surface area contributed by atoms with Crippen LogP contribution in [0, 0.1) is 0 Å². The van der Waals surface area contributed by atoms with Gasteiger partial charge in [-0.2, -0.15) is 0 Å². The number of thioether (sulfide) groups is 1. The summed E-state index contributed by atoms with van der Waals surface area (Å²) in [5.74, 6) is 1.18. The lowest BCUT2D eigenvalue weighted by molar-refractivity contribution is -0.121. The number of thiophene rings is 1. The molecule has 29 heavy (non-hydrogen) atoms. The summed E-state index contributed by atoms with van der Waals surface area (Å²) in [5.41, 5.74) is 0. The predicted octanol–water partition coefficient (Wildman–Crippen LogP) is 5.37. The molecule has 2 aromatic heterocycles. The molecule has 0 bridgehead atoms. The smallest absolute Gasteiger partial charge is 0.233 e. The van der Waals surface area contributed by atoms with E-state index in [2.05, 4.69) is 37.6 Å². The number of carbonyl (C=O) groups is 1. The number of hydrogen-bond acceptors (Lipinski definition) is 5. The van der Waals surface area contributed by atoms with Gasteiger partial charge in [0, 0.05) is 23.4 Å². The second-order valence-corrected chi connectivity index (χ2v) is 10.8. The molecule has 2 fully saturated rings. The summed E-state index contributed by atoms with van der Waals surface area (Å²) in [6, 6.07) is 5.07. The third-order valence-electron chi connectivity index (χ3n) is 6.19. The Morgan fingerprint density at radius 3 is 2.59 bits per heavy atom. The average molecular weight is 433 g/mol. The van der Waals surface area contributed by atoms with Gasteiger partial charge in [-0.05, 0) is 44.1 Å². The molecule has 1 N–H and O–H groups in total. The number of carbonyl (C=O) groups excluding carboxylic acids is 1. The first-order valence-corrected chi connectivity index (χ1v) is 12.9. The van der Waals surface area contributed by atoms with E-state index < -0.39 is 0 Å². The molecule has 1 unspecified atom stereocenters. The van der Waals surface area contributed by atoms with Gasteiger partial charge < -0.3 is 9.88 Å². The minimum Gasteiger partial charge on any atom is -0.352 e. The SMILES string of the molecule is CC(Sc1nnc(Cc2cccs2)n1C1CCCCC1)C(=O)NC1CCCCC1. The maximum absolute atomic E-state index is 12.8. The number of nitrogens with one attached hydrogen (secondary N) is 1. The van der Waals surface area contributed by atoms with Crippen LogP contribution in [0.2, 0.25) is 0 Å². The van der Waals surface area contributed by atoms with Crippen molar-refractivity contribution in [3.05, 3.63) is 28.2 Å². The molecule has 0 radical (unpaired) electrons. The molecule has 7 heteroatoms. The normalized spacial score (nSPS) is 19.9. The molecular weight excluding hydrogens is 400 g/mol. The van der Waals surface area contributed by atoms with Crippen LogP contribution in [0.4, 0.5) is 0 Å². The third kappa shape index (κ3) is 5.43. The van der Waals surface area contributed by atoms with E-state index >= 15 is 0 Å². The summed E-state index contributed by atoms with van der Waals surface area (Å²) in [6.45, 7) is 2.00. The topological polar surface area (TPSA) is 59.8 Å². The molecule has 2 saturated carbocycles. The Morgan fingerprint density at radius 1 is 1.17 bits per heavy atom. The van der Waals surface area contributed by atoms with E-state index in [0.29, 0.717) is 12.1 Å². The summed E-state index contributed by atoms with van der Waals surface area (Å²) in [7, 11) is 0. The molecular formula is C22H32N4OS2. The summed E-state index contributed by atoms with van der Waals surface area (Å²) in [6.07, 6.45) is 13.0. The van der Waals surface area contributed by atoms with Crippen molar-refractivity contribution >= 4 is 29.0 Å². The summed E-state index contributed by atoms with van der Waals surface area (Å²) in [4.78, 5) is 14.1. The van der Waals surface area contributed by atoms with Gasteiger partial charge in [-0.3, -0.25) is 4.79 Å². The molecule has 1 atom stereocenters. The predicted molar refractivity (Wildman–Crippen MR) is 120 cm³/mol. The van der Waals surface area contributed by atoms with Crippen molar-refractivity contribution < 1.29 is 4.79 Å². The zero-order chi connectivity index (χ0) is 20.1. The molecule has 2 aromatic rings. The van der Waals surface area contributed by atoms with Crippen LogP contribution in [0.25, 0.3) is 0 Å². The Bertz CT molecular complexity index is 777. The highest BCUT2D eigenvalue weighted by molar-refractivity contribution is 8.00. The molecule has 5 nitrogen and oxygen atoms in total. The first-order chi connectivity index (χ1) is 14.2. The lowest BCUT2D eigenvalue weighted by atomic mass is 9.95. The monoisotopic (exact) mass is 432 g/mol. The van der Waals surface area contributed by atoms with Crippen LogP contribution in [-0.2, 0) is 11.2 Å². The van der Waals surface area contributed by atoms with E-state index in [4.69, 9.17) is 0 Å². The van der Waals surface area contributed by atoms with Crippen molar-refractivity contribution in [2.24, 2.45) is 0 Å². The van der Waals surface area contributed by atoms with Crippen LogP contribution >= 0.6 is 23.1 Å². The zero-order valence-corrected chi connectivity index (χ0v) is 18.9. The highest BCUT2D eigenvalue weighted by Crippen LogP contribution is 2.34. The van der Waals surface area contributed by atoms with Gasteiger partial charge in [0.25, 0.3) is 0 Å². The Morgan fingerprint density at radius 2 is 1.90 bits per heavy atom. The first-order valence-electron chi connectivity index (χ1n) is 11.1. The second kappa shape index (κ2) is 10.1. The Balaban J connectivity index is 1.47. The maximum Gasteiger partial charge on any atom is 0.233 e. The highest BCUT2D eigenvalue weighted by atomic mass is 32.2. The van der Waals surface area contributed by atoms with E-state index in [0.717, 1.165) is 30.2 Å². The quantitative estimate of drug-likeness (QED) is 0.598. The Labute approximate surface area is 182 Å². The molecule has 2 heterocycles. The van der Waals surface area contributed by atoms with Crippen LogP contribution in [0.5, 0.6) is 0 Å². The van der Waals surface area contributed by atoms with Gasteiger partial charge >= 0.3 is 0 Å². The lowest BCUT2D eigenvalue weighted by Gasteiger charge is -2.27. The molecule has 1 amide bonds. The minimum absolute atomic E-state index is 0.139. The van der Waals surface area contributed by atoms with Gasteiger partial charge in [-0.25, -0.2) is 0 Å². The minimum atomic E-state index is -0.155. The maximum atomic E-state index is 12.8. The van der Waals surface area contributed by atoms with Crippen molar-refractivity contribution in [1.82, 2.24) is 20.1 Å². The molecule has 2 aliphatic carbocycles. The lowest BCUT2D eigenvalue weighted by Crippen LogP contribution is -2.40. The second-order valence-electron chi connectivity index (χ2n) is 8.42. The van der Waals surface area contributed by atoms with E-state index in [1.54, 1.807) is 23.1 Å². The van der Waals surface area contributed by atoms with Crippen molar-refractivity contribution in [3.8, 4) is 0 Å². The van der Waals surface area contributed by atoms with Crippen LogP contribution in [0.15, 0.2) is 22.7 Å². The molecule has 4 rings (SSSR count). The Kier molecular flexibility index (Phi) is 7.29. The fourth-order valence-corrected chi connectivity index (χ4v) is 6.21.